The second kappa shape index (κ2) is 36.8. The molecule has 0 aromatic rings. The van der Waals surface area contributed by atoms with E-state index in [-0.39, 0.29) is 26.1 Å². The Bertz CT molecular complexity index is 1020. The summed E-state index contributed by atoms with van der Waals surface area (Å²) in [5, 5.41) is 0. The van der Waals surface area contributed by atoms with Gasteiger partial charge in [0.05, 0.1) is 27.7 Å². The molecule has 0 fully saturated rings. The van der Waals surface area contributed by atoms with Crippen LogP contribution >= 0.6 is 7.82 Å². The van der Waals surface area contributed by atoms with Gasteiger partial charge in [0.15, 0.2) is 6.10 Å². The number of ether oxygens (including phenoxy) is 2. The fraction of sp³-hybridized carbons (Fsp3) is 0.818. The molecule has 0 amide bonds. The molecular weight excluding hydrogens is 701 g/mol. The van der Waals surface area contributed by atoms with Gasteiger partial charge in [0.2, 0.25) is 0 Å². The highest BCUT2D eigenvalue weighted by molar-refractivity contribution is 7.45. The molecule has 0 aromatic heterocycles. The lowest BCUT2D eigenvalue weighted by molar-refractivity contribution is -0.870. The van der Waals surface area contributed by atoms with E-state index >= 15 is 0 Å². The van der Waals surface area contributed by atoms with Gasteiger partial charge in [-0.2, -0.15) is 0 Å². The van der Waals surface area contributed by atoms with E-state index in [1.54, 1.807) is 0 Å². The van der Waals surface area contributed by atoms with Gasteiger partial charge in [0, 0.05) is 12.8 Å². The summed E-state index contributed by atoms with van der Waals surface area (Å²) < 4.78 is 33.8. The molecule has 1 unspecified atom stereocenters. The van der Waals surface area contributed by atoms with Gasteiger partial charge in [-0.15, -0.1) is 0 Å². The summed E-state index contributed by atoms with van der Waals surface area (Å²) in [5.41, 5.74) is 0. The number of phosphoric acid groups is 1. The third-order valence-electron chi connectivity index (χ3n) is 9.13. The number of carbonyl (C=O) groups excluding carboxylic acids is 2. The van der Waals surface area contributed by atoms with Crippen molar-refractivity contribution in [1.82, 2.24) is 0 Å². The van der Waals surface area contributed by atoms with Crippen LogP contribution in [0.15, 0.2) is 36.5 Å². The van der Waals surface area contributed by atoms with Crippen molar-refractivity contribution in [2.24, 2.45) is 0 Å². The van der Waals surface area contributed by atoms with Gasteiger partial charge in [-0.25, -0.2) is 0 Å². The maximum absolute atomic E-state index is 12.6. The number of hydrogen-bond donors (Lipinski definition) is 0. The number of unbranched alkanes of at least 4 members (excludes halogenated alkanes) is 19. The highest BCUT2D eigenvalue weighted by Crippen LogP contribution is 2.38. The molecule has 0 spiro atoms. The average Bonchev–Trinajstić information content (AvgIpc) is 3.12. The van der Waals surface area contributed by atoms with Crippen LogP contribution < -0.4 is 4.89 Å². The second-order valence-corrected chi connectivity index (χ2v) is 17.1. The highest BCUT2D eigenvalue weighted by Gasteiger charge is 2.21. The Hall–Kier alpha value is -1.77. The maximum atomic E-state index is 12.6. The molecule has 316 valence electrons. The number of nitrogens with zero attached hydrogens (tertiary/aromatic N) is 1. The number of esters is 2. The number of carbonyl (C=O) groups is 2. The molecule has 54 heavy (non-hydrogen) atoms. The second-order valence-electron chi connectivity index (χ2n) is 15.7. The fourth-order valence-electron chi connectivity index (χ4n) is 5.68. The van der Waals surface area contributed by atoms with Gasteiger partial charge in [-0.05, 0) is 70.6 Å². The Balaban J connectivity index is 4.37. The summed E-state index contributed by atoms with van der Waals surface area (Å²) in [4.78, 5) is 37.5. The highest BCUT2D eigenvalue weighted by atomic mass is 31.2. The van der Waals surface area contributed by atoms with Crippen molar-refractivity contribution in [2.75, 3.05) is 47.5 Å². The van der Waals surface area contributed by atoms with Crippen molar-refractivity contribution in [3.05, 3.63) is 36.5 Å². The van der Waals surface area contributed by atoms with Crippen molar-refractivity contribution >= 4 is 19.8 Å². The van der Waals surface area contributed by atoms with Gasteiger partial charge in [0.1, 0.15) is 19.8 Å². The van der Waals surface area contributed by atoms with E-state index in [0.717, 1.165) is 70.6 Å². The number of rotatable bonds is 39. The molecule has 10 heteroatoms. The van der Waals surface area contributed by atoms with Crippen LogP contribution in [0.2, 0.25) is 0 Å². The molecule has 0 aromatic carbocycles. The predicted molar refractivity (Wildman–Crippen MR) is 222 cm³/mol. The smallest absolute Gasteiger partial charge is 0.306 e. The Morgan fingerprint density at radius 1 is 0.574 bits per heavy atom. The number of quaternary nitrogens is 1. The zero-order valence-corrected chi connectivity index (χ0v) is 36.3. The molecular formula is C44H82NO8P. The molecule has 0 radical (unpaired) electrons. The van der Waals surface area contributed by atoms with E-state index in [2.05, 4.69) is 50.3 Å². The average molecular weight is 784 g/mol. The summed E-state index contributed by atoms with van der Waals surface area (Å²) in [6.45, 7) is 4.16. The normalized spacial score (nSPS) is 14.0. The van der Waals surface area contributed by atoms with Crippen molar-refractivity contribution in [1.29, 1.82) is 0 Å². The van der Waals surface area contributed by atoms with Crippen LogP contribution in [-0.2, 0) is 32.7 Å². The standard InChI is InChI=1S/C44H82NO8P/c1-6-8-10-12-14-16-18-20-21-22-23-25-26-28-30-32-34-36-43(46)50-40-42(41-52-54(48,49)51-39-38-45(3,4)5)53-44(47)37-35-33-31-29-27-24-19-17-15-13-11-9-7-2/h14,16-17,19-21,42H,6-13,15,18,22-41H2,1-5H3/b16-14+,19-17+,21-20+/t42-/m1/s1. The molecule has 0 saturated heterocycles. The van der Waals surface area contributed by atoms with E-state index < -0.39 is 32.5 Å². The number of likely N-dealkylation sites (N-methyl/N-ethyl adjacent to an activating group) is 1. The van der Waals surface area contributed by atoms with Crippen LogP contribution in [0.1, 0.15) is 181 Å². The zero-order valence-electron chi connectivity index (χ0n) is 35.4. The Morgan fingerprint density at radius 2 is 1.00 bits per heavy atom. The molecule has 0 aliphatic rings. The molecule has 0 aliphatic carbocycles. The minimum atomic E-state index is -4.62. The predicted octanol–water partition coefficient (Wildman–Crippen LogP) is 11.5. The lowest BCUT2D eigenvalue weighted by Gasteiger charge is -2.28. The van der Waals surface area contributed by atoms with Crippen LogP contribution in [0.3, 0.4) is 0 Å². The SMILES string of the molecule is CCCCC/C=C/C/C=C/CCCCCCCCCC(=O)OC[C@H](COP(=O)([O-])OCC[N+](C)(C)C)OC(=O)CCCCCCC/C=C/CCCCCC. The van der Waals surface area contributed by atoms with E-state index in [9.17, 15) is 19.0 Å². The molecule has 9 nitrogen and oxygen atoms in total. The number of hydrogen-bond acceptors (Lipinski definition) is 8. The summed E-state index contributed by atoms with van der Waals surface area (Å²) in [7, 11) is 1.15. The van der Waals surface area contributed by atoms with Gasteiger partial charge in [-0.3, -0.25) is 14.2 Å². The lowest BCUT2D eigenvalue weighted by Crippen LogP contribution is -2.37. The topological polar surface area (TPSA) is 111 Å². The molecule has 0 saturated carbocycles. The van der Waals surface area contributed by atoms with Crippen molar-refractivity contribution in [2.45, 2.75) is 187 Å². The summed E-state index contributed by atoms with van der Waals surface area (Å²) in [6.07, 6.45) is 40.2. The van der Waals surface area contributed by atoms with E-state index in [4.69, 9.17) is 18.5 Å². The van der Waals surface area contributed by atoms with Crippen LogP contribution in [0.4, 0.5) is 0 Å². The molecule has 2 atom stereocenters. The largest absolute Gasteiger partial charge is 0.756 e. The first-order valence-corrected chi connectivity index (χ1v) is 23.2. The summed E-state index contributed by atoms with van der Waals surface area (Å²) in [5.74, 6) is -0.854. The zero-order chi connectivity index (χ0) is 40.0. The summed E-state index contributed by atoms with van der Waals surface area (Å²) in [6, 6.07) is 0. The quantitative estimate of drug-likeness (QED) is 0.0199. The van der Waals surface area contributed by atoms with Crippen LogP contribution in [0.5, 0.6) is 0 Å². The fourth-order valence-corrected chi connectivity index (χ4v) is 6.41. The van der Waals surface area contributed by atoms with Crippen LogP contribution in [0.25, 0.3) is 0 Å². The first-order valence-electron chi connectivity index (χ1n) is 21.7. The number of phosphoric ester groups is 1. The van der Waals surface area contributed by atoms with Gasteiger partial charge >= 0.3 is 11.9 Å². The lowest BCUT2D eigenvalue weighted by atomic mass is 10.1. The first-order chi connectivity index (χ1) is 26.0. The van der Waals surface area contributed by atoms with Crippen LogP contribution in [-0.4, -0.2) is 70.0 Å². The van der Waals surface area contributed by atoms with Crippen molar-refractivity contribution < 1.29 is 42.1 Å². The number of allylic oxidation sites excluding steroid dienone is 6. The summed E-state index contributed by atoms with van der Waals surface area (Å²) >= 11 is 0. The first kappa shape index (κ1) is 52.2. The Labute approximate surface area is 331 Å². The maximum Gasteiger partial charge on any atom is 0.306 e. The van der Waals surface area contributed by atoms with E-state index in [0.29, 0.717) is 17.4 Å². The van der Waals surface area contributed by atoms with Crippen LogP contribution in [0, 0.1) is 0 Å². The van der Waals surface area contributed by atoms with Crippen molar-refractivity contribution in [3.8, 4) is 0 Å². The third kappa shape index (κ3) is 39.9. The third-order valence-corrected chi connectivity index (χ3v) is 10.1. The van der Waals surface area contributed by atoms with Gasteiger partial charge in [-0.1, -0.05) is 134 Å². The van der Waals surface area contributed by atoms with E-state index in [1.165, 1.54) is 77.0 Å². The molecule has 0 rings (SSSR count). The Morgan fingerprint density at radius 3 is 1.52 bits per heavy atom. The molecule has 0 N–H and O–H groups in total. The molecule has 0 bridgehead atoms. The van der Waals surface area contributed by atoms with Gasteiger partial charge < -0.3 is 27.9 Å². The molecule has 0 heterocycles. The Kier molecular flexibility index (Phi) is 35.6. The minimum Gasteiger partial charge on any atom is -0.756 e. The van der Waals surface area contributed by atoms with E-state index in [1.807, 2.05) is 21.1 Å². The van der Waals surface area contributed by atoms with Gasteiger partial charge in [0.25, 0.3) is 7.82 Å². The van der Waals surface area contributed by atoms with Crippen molar-refractivity contribution in [3.63, 3.8) is 0 Å². The monoisotopic (exact) mass is 784 g/mol. The minimum absolute atomic E-state index is 0.0340. The molecule has 0 aliphatic heterocycles.